The van der Waals surface area contributed by atoms with E-state index in [2.05, 4.69) is 119 Å². The second kappa shape index (κ2) is 14.8. The number of nitrogens with zero attached hydrogens (tertiary/aromatic N) is 5. The van der Waals surface area contributed by atoms with Crippen LogP contribution in [0.2, 0.25) is 0 Å². The summed E-state index contributed by atoms with van der Waals surface area (Å²) in [6, 6.07) is 55.7. The number of aromatic nitrogens is 5. The maximum atomic E-state index is 6.80. The lowest BCUT2D eigenvalue weighted by atomic mass is 9.94. The van der Waals surface area contributed by atoms with Gasteiger partial charge in [0.05, 0.1) is 0 Å². The predicted molar refractivity (Wildman–Crippen MR) is 229 cm³/mol. The maximum absolute atomic E-state index is 6.80. The molecule has 0 saturated carbocycles. The maximum Gasteiger partial charge on any atom is 0.164 e. The molecule has 0 amide bonds. The van der Waals surface area contributed by atoms with Crippen LogP contribution in [0.1, 0.15) is 11.1 Å². The number of rotatable bonds is 5. The Morgan fingerprint density at radius 1 is 0.316 bits per heavy atom. The van der Waals surface area contributed by atoms with E-state index in [1.54, 1.807) is 12.4 Å². The first kappa shape index (κ1) is 33.7. The van der Waals surface area contributed by atoms with Gasteiger partial charge in [0.25, 0.3) is 0 Å². The van der Waals surface area contributed by atoms with Crippen molar-refractivity contribution in [3.05, 3.63) is 200 Å². The van der Waals surface area contributed by atoms with Gasteiger partial charge < -0.3 is 4.74 Å². The van der Waals surface area contributed by atoms with Crippen LogP contribution in [-0.4, -0.2) is 24.9 Å². The van der Waals surface area contributed by atoms with E-state index in [9.17, 15) is 0 Å². The quantitative estimate of drug-likeness (QED) is 0.175. The molecule has 6 heteroatoms. The van der Waals surface area contributed by atoms with Crippen molar-refractivity contribution >= 4 is 12.2 Å². The van der Waals surface area contributed by atoms with E-state index < -0.39 is 0 Å². The molecule has 0 radical (unpaired) electrons. The highest BCUT2D eigenvalue weighted by Crippen LogP contribution is 2.42. The molecule has 0 N–H and O–H groups in total. The topological polar surface area (TPSA) is 73.7 Å². The van der Waals surface area contributed by atoms with Crippen molar-refractivity contribution in [1.29, 1.82) is 0 Å². The van der Waals surface area contributed by atoms with Crippen molar-refractivity contribution in [3.63, 3.8) is 0 Å². The lowest BCUT2D eigenvalue weighted by molar-refractivity contribution is 0.486. The SMILES string of the molecule is C1=C\c2ccc(-c3nc(-c4cccc(-c5cccnc5)c4)nc(-c4cccc(-c5cccnc5)c4)n3)cc2-c2ccccc2Oc2ccccc2-c2ccccc2/1. The average Bonchev–Trinajstić information content (AvgIpc) is 3.31. The van der Waals surface area contributed by atoms with Crippen molar-refractivity contribution in [2.75, 3.05) is 0 Å². The van der Waals surface area contributed by atoms with E-state index in [1.165, 1.54) is 0 Å². The van der Waals surface area contributed by atoms with Gasteiger partial charge in [0.15, 0.2) is 17.5 Å². The Labute approximate surface area is 330 Å². The molecule has 0 saturated heterocycles. The monoisotopic (exact) mass is 731 g/mol. The third-order valence-electron chi connectivity index (χ3n) is 10.2. The van der Waals surface area contributed by atoms with E-state index in [4.69, 9.17) is 19.7 Å². The first-order valence-corrected chi connectivity index (χ1v) is 18.8. The minimum Gasteiger partial charge on any atom is -0.456 e. The van der Waals surface area contributed by atoms with Crippen molar-refractivity contribution in [1.82, 2.24) is 24.9 Å². The van der Waals surface area contributed by atoms with Gasteiger partial charge >= 0.3 is 0 Å². The number of hydrogen-bond donors (Lipinski definition) is 0. The molecule has 57 heavy (non-hydrogen) atoms. The average molecular weight is 732 g/mol. The Balaban J connectivity index is 1.16. The summed E-state index contributed by atoms with van der Waals surface area (Å²) in [5, 5.41) is 0. The number of benzene rings is 6. The number of pyridine rings is 2. The highest BCUT2D eigenvalue weighted by atomic mass is 16.5. The van der Waals surface area contributed by atoms with Gasteiger partial charge in [-0.05, 0) is 75.8 Å². The first-order valence-electron chi connectivity index (χ1n) is 18.8. The molecule has 1 aliphatic heterocycles. The summed E-state index contributed by atoms with van der Waals surface area (Å²) in [6.45, 7) is 0. The molecule has 10 rings (SSSR count). The third-order valence-corrected chi connectivity index (χ3v) is 10.2. The van der Waals surface area contributed by atoms with Crippen molar-refractivity contribution in [2.24, 2.45) is 0 Å². The number of ether oxygens (including phenoxy) is 1. The van der Waals surface area contributed by atoms with Gasteiger partial charge in [-0.3, -0.25) is 9.97 Å². The lowest BCUT2D eigenvalue weighted by Gasteiger charge is -2.16. The summed E-state index contributed by atoms with van der Waals surface area (Å²) in [7, 11) is 0. The summed E-state index contributed by atoms with van der Waals surface area (Å²) in [6.07, 6.45) is 11.7. The lowest BCUT2D eigenvalue weighted by Crippen LogP contribution is -2.01. The van der Waals surface area contributed by atoms with Crippen LogP contribution in [0, 0.1) is 0 Å². The summed E-state index contributed by atoms with van der Waals surface area (Å²) in [4.78, 5) is 24.2. The minimum atomic E-state index is 0.559. The van der Waals surface area contributed by atoms with Crippen molar-refractivity contribution in [2.45, 2.75) is 0 Å². The Morgan fingerprint density at radius 2 is 0.772 bits per heavy atom. The second-order valence-corrected chi connectivity index (χ2v) is 13.8. The molecule has 4 heterocycles. The van der Waals surface area contributed by atoms with Gasteiger partial charge in [-0.1, -0.05) is 133 Å². The Morgan fingerprint density at radius 3 is 1.33 bits per heavy atom. The molecule has 0 unspecified atom stereocenters. The highest BCUT2D eigenvalue weighted by molar-refractivity contribution is 5.90. The standard InChI is InChI=1S/C51H33N5O/c1-2-18-43-34(11-1)23-24-35-25-26-40(31-46(35)45-20-4-6-22-48(45)57-47-21-5-3-19-44(43)47)51-55-49(38-14-7-12-36(29-38)41-16-9-27-52-32-41)54-50(56-51)39-15-8-13-37(30-39)42-17-10-28-53-33-42/h1-33H/b24-23-. The van der Waals surface area contributed by atoms with Gasteiger partial charge in [-0.2, -0.15) is 0 Å². The second-order valence-electron chi connectivity index (χ2n) is 13.8. The third kappa shape index (κ3) is 6.77. The Hall–Kier alpha value is -7.83. The Bertz CT molecular complexity index is 2840. The van der Waals surface area contributed by atoms with E-state index in [0.29, 0.717) is 17.5 Å². The number of fused-ring (bicyclic) bond motifs is 6. The molecule has 1 aliphatic rings. The zero-order valence-corrected chi connectivity index (χ0v) is 30.7. The molecule has 0 atom stereocenters. The fourth-order valence-electron chi connectivity index (χ4n) is 7.32. The van der Waals surface area contributed by atoms with E-state index in [-0.39, 0.29) is 0 Å². The van der Waals surface area contributed by atoms with Gasteiger partial charge in [0.2, 0.25) is 0 Å². The van der Waals surface area contributed by atoms with E-state index >= 15 is 0 Å². The minimum absolute atomic E-state index is 0.559. The molecule has 0 fully saturated rings. The molecule has 6 nitrogen and oxygen atoms in total. The zero-order valence-electron chi connectivity index (χ0n) is 30.7. The molecule has 3 aromatic heterocycles. The fourth-order valence-corrected chi connectivity index (χ4v) is 7.32. The van der Waals surface area contributed by atoms with Crippen LogP contribution in [0.15, 0.2) is 189 Å². The fraction of sp³-hybridized carbons (Fsp3) is 0. The van der Waals surface area contributed by atoms with Crippen LogP contribution < -0.4 is 4.74 Å². The van der Waals surface area contributed by atoms with Crippen LogP contribution in [0.4, 0.5) is 0 Å². The predicted octanol–water partition coefficient (Wildman–Crippen LogP) is 12.6. The number of hydrogen-bond acceptors (Lipinski definition) is 6. The largest absolute Gasteiger partial charge is 0.456 e. The summed E-state index contributed by atoms with van der Waals surface area (Å²) in [5.74, 6) is 3.25. The van der Waals surface area contributed by atoms with Crippen LogP contribution >= 0.6 is 0 Å². The van der Waals surface area contributed by atoms with Crippen LogP contribution in [0.5, 0.6) is 11.5 Å². The summed E-state index contributed by atoms with van der Waals surface area (Å²) in [5.41, 5.74) is 12.9. The van der Waals surface area contributed by atoms with Gasteiger partial charge in [0.1, 0.15) is 11.5 Å². The molecule has 6 aromatic carbocycles. The van der Waals surface area contributed by atoms with Crippen LogP contribution in [0.3, 0.4) is 0 Å². The van der Waals surface area contributed by atoms with Crippen molar-refractivity contribution in [3.8, 4) is 90.2 Å². The molecule has 9 aromatic rings. The Kier molecular flexibility index (Phi) is 8.74. The van der Waals surface area contributed by atoms with Gasteiger partial charge in [0, 0.05) is 63.7 Å². The molecule has 268 valence electrons. The van der Waals surface area contributed by atoms with E-state index in [0.717, 1.165) is 83.8 Å². The van der Waals surface area contributed by atoms with Crippen molar-refractivity contribution < 1.29 is 4.74 Å². The van der Waals surface area contributed by atoms with Gasteiger partial charge in [-0.15, -0.1) is 0 Å². The summed E-state index contributed by atoms with van der Waals surface area (Å²) >= 11 is 0. The summed E-state index contributed by atoms with van der Waals surface area (Å²) < 4.78 is 6.80. The molecular weight excluding hydrogens is 699 g/mol. The van der Waals surface area contributed by atoms with Gasteiger partial charge in [-0.25, -0.2) is 15.0 Å². The molecule has 0 bridgehead atoms. The molecule has 0 spiro atoms. The normalized spacial score (nSPS) is 12.1. The first-order chi connectivity index (χ1) is 28.2. The van der Waals surface area contributed by atoms with E-state index in [1.807, 2.05) is 79.1 Å². The number of para-hydroxylation sites is 2. The van der Waals surface area contributed by atoms with Crippen LogP contribution in [0.25, 0.3) is 90.8 Å². The zero-order chi connectivity index (χ0) is 38.0. The van der Waals surface area contributed by atoms with Crippen LogP contribution in [-0.2, 0) is 0 Å². The molecular formula is C51H33N5O. The smallest absolute Gasteiger partial charge is 0.164 e. The molecule has 0 aliphatic carbocycles. The highest BCUT2D eigenvalue weighted by Gasteiger charge is 2.19.